The number of rotatable bonds is 4. The predicted molar refractivity (Wildman–Crippen MR) is 74.9 cm³/mol. The lowest BCUT2D eigenvalue weighted by Gasteiger charge is -2.29. The van der Waals surface area contributed by atoms with E-state index >= 15 is 0 Å². The van der Waals surface area contributed by atoms with Gasteiger partial charge in [0.25, 0.3) is 0 Å². The van der Waals surface area contributed by atoms with E-state index in [1.54, 1.807) is 6.07 Å². The van der Waals surface area contributed by atoms with Gasteiger partial charge in [-0.1, -0.05) is 0 Å². The van der Waals surface area contributed by atoms with E-state index < -0.39 is 16.0 Å². The van der Waals surface area contributed by atoms with Crippen molar-refractivity contribution in [3.63, 3.8) is 0 Å². The first-order valence-electron chi connectivity index (χ1n) is 6.04. The number of benzene rings is 1. The van der Waals surface area contributed by atoms with Crippen molar-refractivity contribution in [3.05, 3.63) is 23.8 Å². The van der Waals surface area contributed by atoms with Crippen molar-refractivity contribution in [2.45, 2.75) is 0 Å². The summed E-state index contributed by atoms with van der Waals surface area (Å²) in [5.41, 5.74) is 0.737. The van der Waals surface area contributed by atoms with Gasteiger partial charge in [-0.15, -0.1) is 0 Å². The lowest BCUT2D eigenvalue weighted by atomic mass is 10.1. The third-order valence-corrected chi connectivity index (χ3v) is 3.50. The van der Waals surface area contributed by atoms with E-state index in [9.17, 15) is 18.3 Å². The van der Waals surface area contributed by atoms with E-state index in [0.29, 0.717) is 26.3 Å². The molecule has 0 radical (unpaired) electrons. The summed E-state index contributed by atoms with van der Waals surface area (Å²) in [6.45, 7) is 2.54. The SMILES string of the molecule is CS(=O)(=O)Nc1ccc(N2CCOCC2)cc1C(=O)O. The number of ether oxygens (including phenoxy) is 1. The summed E-state index contributed by atoms with van der Waals surface area (Å²) in [6.07, 6.45) is 0.981. The molecule has 1 aliphatic heterocycles. The highest BCUT2D eigenvalue weighted by atomic mass is 32.2. The summed E-state index contributed by atoms with van der Waals surface area (Å²) in [7, 11) is -3.52. The molecule has 0 amide bonds. The van der Waals surface area contributed by atoms with E-state index in [0.717, 1.165) is 11.9 Å². The Morgan fingerprint density at radius 1 is 1.35 bits per heavy atom. The second kappa shape index (κ2) is 5.68. The van der Waals surface area contributed by atoms with E-state index in [1.807, 2.05) is 4.90 Å². The molecular formula is C12H16N2O5S. The number of carbonyl (C=O) groups is 1. The Balaban J connectivity index is 2.34. The monoisotopic (exact) mass is 300 g/mol. The maximum absolute atomic E-state index is 11.3. The maximum Gasteiger partial charge on any atom is 0.337 e. The molecule has 2 rings (SSSR count). The highest BCUT2D eigenvalue weighted by Gasteiger charge is 2.17. The number of morpholine rings is 1. The van der Waals surface area contributed by atoms with Crippen molar-refractivity contribution >= 4 is 27.4 Å². The Hall–Kier alpha value is -1.80. The first kappa shape index (κ1) is 14.6. The lowest BCUT2D eigenvalue weighted by molar-refractivity contribution is 0.0698. The Kier molecular flexibility index (Phi) is 4.15. The van der Waals surface area contributed by atoms with Crippen LogP contribution in [0.3, 0.4) is 0 Å². The van der Waals surface area contributed by atoms with Crippen LogP contribution in [0.4, 0.5) is 11.4 Å². The highest BCUT2D eigenvalue weighted by molar-refractivity contribution is 7.92. The molecular weight excluding hydrogens is 284 g/mol. The van der Waals surface area contributed by atoms with Crippen LogP contribution in [0.5, 0.6) is 0 Å². The molecule has 20 heavy (non-hydrogen) atoms. The molecule has 1 heterocycles. The molecule has 0 unspecified atom stereocenters. The predicted octanol–water partition coefficient (Wildman–Crippen LogP) is 0.593. The zero-order valence-electron chi connectivity index (χ0n) is 11.0. The normalized spacial score (nSPS) is 15.9. The third-order valence-electron chi connectivity index (χ3n) is 2.91. The molecule has 7 nitrogen and oxygen atoms in total. The maximum atomic E-state index is 11.3. The molecule has 0 bridgehead atoms. The van der Waals surface area contributed by atoms with Gasteiger partial charge in [-0.05, 0) is 18.2 Å². The first-order chi connectivity index (χ1) is 9.37. The van der Waals surface area contributed by atoms with E-state index in [2.05, 4.69) is 4.72 Å². The summed E-state index contributed by atoms with van der Waals surface area (Å²) < 4.78 is 29.9. The van der Waals surface area contributed by atoms with E-state index in [4.69, 9.17) is 4.74 Å². The second-order valence-corrected chi connectivity index (χ2v) is 6.26. The molecule has 2 N–H and O–H groups in total. The molecule has 1 fully saturated rings. The fourth-order valence-electron chi connectivity index (χ4n) is 2.02. The van der Waals surface area contributed by atoms with Crippen molar-refractivity contribution in [2.24, 2.45) is 0 Å². The van der Waals surface area contributed by atoms with Gasteiger partial charge in [-0.2, -0.15) is 0 Å². The molecule has 0 atom stereocenters. The Labute approximate surface area is 117 Å². The molecule has 0 aliphatic carbocycles. The van der Waals surface area contributed by atoms with E-state index in [1.165, 1.54) is 12.1 Å². The van der Waals surface area contributed by atoms with Gasteiger partial charge in [-0.25, -0.2) is 13.2 Å². The Bertz CT molecular complexity index is 608. The van der Waals surface area contributed by atoms with Gasteiger partial charge in [0, 0.05) is 18.8 Å². The molecule has 1 aromatic rings. The second-order valence-electron chi connectivity index (χ2n) is 4.51. The van der Waals surface area contributed by atoms with Crippen LogP contribution in [0.2, 0.25) is 0 Å². The topological polar surface area (TPSA) is 95.9 Å². The molecule has 1 aliphatic rings. The zero-order valence-corrected chi connectivity index (χ0v) is 11.8. The van der Waals surface area contributed by atoms with Crippen LogP contribution in [0, 0.1) is 0 Å². The quantitative estimate of drug-likeness (QED) is 0.845. The largest absolute Gasteiger partial charge is 0.478 e. The van der Waals surface area contributed by atoms with Crippen LogP contribution >= 0.6 is 0 Å². The molecule has 0 aromatic heterocycles. The lowest BCUT2D eigenvalue weighted by Crippen LogP contribution is -2.36. The van der Waals surface area contributed by atoms with Gasteiger partial charge in [0.2, 0.25) is 10.0 Å². The number of sulfonamides is 1. The number of nitrogens with zero attached hydrogens (tertiary/aromatic N) is 1. The fraction of sp³-hybridized carbons (Fsp3) is 0.417. The van der Waals surface area contributed by atoms with Crippen LogP contribution in [-0.2, 0) is 14.8 Å². The number of hydrogen-bond donors (Lipinski definition) is 2. The van der Waals surface area contributed by atoms with Crippen molar-refractivity contribution in [2.75, 3.05) is 42.2 Å². The highest BCUT2D eigenvalue weighted by Crippen LogP contribution is 2.24. The molecule has 8 heteroatoms. The van der Waals surface area contributed by atoms with Crippen molar-refractivity contribution in [1.82, 2.24) is 0 Å². The summed E-state index contributed by atoms with van der Waals surface area (Å²) >= 11 is 0. The zero-order chi connectivity index (χ0) is 14.8. The van der Waals surface area contributed by atoms with Crippen LogP contribution < -0.4 is 9.62 Å². The van der Waals surface area contributed by atoms with Crippen molar-refractivity contribution in [3.8, 4) is 0 Å². The fourth-order valence-corrected chi connectivity index (χ4v) is 2.59. The summed E-state index contributed by atoms with van der Waals surface area (Å²) in [5, 5.41) is 9.21. The number of nitrogens with one attached hydrogen (secondary N) is 1. The molecule has 110 valence electrons. The van der Waals surface area contributed by atoms with Crippen LogP contribution in [-0.4, -0.2) is 52.1 Å². The third kappa shape index (κ3) is 3.61. The van der Waals surface area contributed by atoms with Crippen molar-refractivity contribution in [1.29, 1.82) is 0 Å². The summed E-state index contributed by atoms with van der Waals surface area (Å²) in [5.74, 6) is -1.17. The van der Waals surface area contributed by atoms with E-state index in [-0.39, 0.29) is 11.3 Å². The van der Waals surface area contributed by atoms with Gasteiger partial charge < -0.3 is 14.7 Å². The number of carboxylic acids is 1. The van der Waals surface area contributed by atoms with Gasteiger partial charge in [-0.3, -0.25) is 4.72 Å². The average molecular weight is 300 g/mol. The minimum absolute atomic E-state index is 0.0667. The smallest absolute Gasteiger partial charge is 0.337 e. The number of anilines is 2. The standard InChI is InChI=1S/C12H16N2O5S/c1-20(17,18)13-11-3-2-9(8-10(11)12(15)16)14-4-6-19-7-5-14/h2-3,8,13H,4-7H2,1H3,(H,15,16). The van der Waals surface area contributed by atoms with Gasteiger partial charge in [0.15, 0.2) is 0 Å². The summed E-state index contributed by atoms with van der Waals surface area (Å²) in [4.78, 5) is 13.3. The van der Waals surface area contributed by atoms with Crippen LogP contribution in [0.1, 0.15) is 10.4 Å². The number of hydrogen-bond acceptors (Lipinski definition) is 5. The molecule has 0 saturated carbocycles. The van der Waals surface area contributed by atoms with Crippen LogP contribution in [0.15, 0.2) is 18.2 Å². The van der Waals surface area contributed by atoms with Crippen molar-refractivity contribution < 1.29 is 23.1 Å². The Morgan fingerprint density at radius 3 is 2.55 bits per heavy atom. The number of aromatic carboxylic acids is 1. The molecule has 1 saturated heterocycles. The first-order valence-corrected chi connectivity index (χ1v) is 7.94. The molecule has 0 spiro atoms. The van der Waals surface area contributed by atoms with Crippen LogP contribution in [0.25, 0.3) is 0 Å². The number of carboxylic acid groups (broad SMARTS) is 1. The van der Waals surface area contributed by atoms with Gasteiger partial charge >= 0.3 is 5.97 Å². The minimum atomic E-state index is -3.52. The Morgan fingerprint density at radius 2 is 2.00 bits per heavy atom. The summed E-state index contributed by atoms with van der Waals surface area (Å²) in [6, 6.07) is 4.64. The van der Waals surface area contributed by atoms with Gasteiger partial charge in [0.1, 0.15) is 0 Å². The van der Waals surface area contributed by atoms with Gasteiger partial charge in [0.05, 0.1) is 30.7 Å². The molecule has 1 aromatic carbocycles. The average Bonchev–Trinajstić information content (AvgIpc) is 2.38. The minimum Gasteiger partial charge on any atom is -0.478 e.